The second-order valence-corrected chi connectivity index (χ2v) is 14.5. The predicted octanol–water partition coefficient (Wildman–Crippen LogP) is 12.6. The number of rotatable bonds is 3. The van der Waals surface area contributed by atoms with Crippen LogP contribution in [-0.4, -0.2) is 0 Å². The minimum Gasteiger partial charge on any atom is -0.144 e. The van der Waals surface area contributed by atoms with E-state index in [0.29, 0.717) is 0 Å². The molecule has 6 rings (SSSR count). The summed E-state index contributed by atoms with van der Waals surface area (Å²) < 4.78 is 8.14. The van der Waals surface area contributed by atoms with Crippen LogP contribution in [-0.2, 0) is 0 Å². The van der Waals surface area contributed by atoms with Crippen molar-refractivity contribution < 1.29 is 0 Å². The van der Waals surface area contributed by atoms with E-state index >= 15 is 0 Å². The molecule has 0 saturated carbocycles. The maximum atomic E-state index is 4.63. The molecule has 6 aromatic rings. The maximum absolute atomic E-state index is 4.63. The standard InChI is InChI=1S/C26H12Br4S4/c1-2-11-5-21-15(9-19(11)31)23(29)25(33-21)13-7-18(28)14(8-17(13)27)26-24(30)16-10-20-12(3-4-32-20)6-22(16)34-26/h2-10,31H,1H2. The summed E-state index contributed by atoms with van der Waals surface area (Å²) in [5, 5.41) is 5.87. The SMILES string of the molecule is C=Cc1cc2sc(-c3cc(Br)c(-c4sc5cc6ccsc6cc5c4Br)cc3Br)c(Br)c2cc1S. The van der Waals surface area contributed by atoms with Crippen LogP contribution < -0.4 is 0 Å². The second kappa shape index (κ2) is 9.14. The van der Waals surface area contributed by atoms with Gasteiger partial charge in [0.2, 0.25) is 0 Å². The molecule has 0 fully saturated rings. The molecule has 0 bridgehead atoms. The molecule has 34 heavy (non-hydrogen) atoms. The van der Waals surface area contributed by atoms with E-state index in [1.807, 2.05) is 17.4 Å². The van der Waals surface area contributed by atoms with E-state index in [1.165, 1.54) is 34.6 Å². The fourth-order valence-electron chi connectivity index (χ4n) is 4.04. The van der Waals surface area contributed by atoms with Gasteiger partial charge in [-0.3, -0.25) is 0 Å². The largest absolute Gasteiger partial charge is 0.144 e. The van der Waals surface area contributed by atoms with E-state index in [0.717, 1.165) is 44.9 Å². The Morgan fingerprint density at radius 3 is 1.94 bits per heavy atom. The quantitative estimate of drug-likeness (QED) is 0.170. The molecule has 0 atom stereocenters. The van der Waals surface area contributed by atoms with E-state index in [4.69, 9.17) is 0 Å². The summed E-state index contributed by atoms with van der Waals surface area (Å²) >= 11 is 25.5. The van der Waals surface area contributed by atoms with Crippen LogP contribution in [0.4, 0.5) is 0 Å². The van der Waals surface area contributed by atoms with Gasteiger partial charge < -0.3 is 0 Å². The zero-order valence-electron chi connectivity index (χ0n) is 17.1. The first-order valence-electron chi connectivity index (χ1n) is 10.0. The molecule has 8 heteroatoms. The van der Waals surface area contributed by atoms with Crippen LogP contribution in [0, 0.1) is 0 Å². The van der Waals surface area contributed by atoms with Gasteiger partial charge in [-0.2, -0.15) is 0 Å². The molecule has 3 aromatic heterocycles. The fourth-order valence-corrected chi connectivity index (χ4v) is 10.6. The van der Waals surface area contributed by atoms with Gasteiger partial charge in [0.1, 0.15) is 0 Å². The average molecular weight is 772 g/mol. The molecule has 0 aliphatic heterocycles. The van der Waals surface area contributed by atoms with Crippen molar-refractivity contribution in [1.29, 1.82) is 0 Å². The molecule has 0 unspecified atom stereocenters. The molecule has 3 aromatic carbocycles. The van der Waals surface area contributed by atoms with E-state index in [1.54, 1.807) is 22.7 Å². The van der Waals surface area contributed by atoms with Crippen LogP contribution in [0.15, 0.2) is 77.2 Å². The molecule has 0 N–H and O–H groups in total. The summed E-state index contributed by atoms with van der Waals surface area (Å²) in [6, 6.07) is 15.5. The van der Waals surface area contributed by atoms with Crippen molar-refractivity contribution in [2.45, 2.75) is 4.90 Å². The van der Waals surface area contributed by atoms with Crippen LogP contribution in [0.1, 0.15) is 5.56 Å². The van der Waals surface area contributed by atoms with Gasteiger partial charge in [-0.05, 0) is 90.7 Å². The fraction of sp³-hybridized carbons (Fsp3) is 0. The third-order valence-corrected chi connectivity index (χ3v) is 12.9. The van der Waals surface area contributed by atoms with E-state index in [-0.39, 0.29) is 0 Å². The lowest BCUT2D eigenvalue weighted by molar-refractivity contribution is 1.49. The Morgan fingerprint density at radius 2 is 1.32 bits per heavy atom. The number of thiol groups is 1. The predicted molar refractivity (Wildman–Crippen MR) is 172 cm³/mol. The van der Waals surface area contributed by atoms with Crippen LogP contribution in [0.5, 0.6) is 0 Å². The smallest absolute Gasteiger partial charge is 0.0509 e. The highest BCUT2D eigenvalue weighted by Crippen LogP contribution is 2.50. The zero-order valence-corrected chi connectivity index (χ0v) is 26.8. The summed E-state index contributed by atoms with van der Waals surface area (Å²) in [7, 11) is 0. The molecule has 0 amide bonds. The number of benzene rings is 3. The van der Waals surface area contributed by atoms with Gasteiger partial charge in [-0.25, -0.2) is 0 Å². The van der Waals surface area contributed by atoms with E-state index in [9.17, 15) is 0 Å². The van der Waals surface area contributed by atoms with Crippen molar-refractivity contribution in [3.05, 3.63) is 77.9 Å². The highest BCUT2D eigenvalue weighted by molar-refractivity contribution is 9.11. The van der Waals surface area contributed by atoms with Crippen LogP contribution in [0.2, 0.25) is 0 Å². The molecule has 0 spiro atoms. The van der Waals surface area contributed by atoms with Crippen molar-refractivity contribution in [3.8, 4) is 20.9 Å². The first-order valence-corrected chi connectivity index (χ1v) is 16.2. The molecule has 3 heterocycles. The Balaban J connectivity index is 1.51. The normalized spacial score (nSPS) is 11.8. The number of hydrogen-bond acceptors (Lipinski definition) is 4. The number of thiophene rings is 3. The van der Waals surface area contributed by atoms with E-state index in [2.05, 4.69) is 131 Å². The van der Waals surface area contributed by atoms with Crippen molar-refractivity contribution in [3.63, 3.8) is 0 Å². The Bertz CT molecular complexity index is 1790. The molecule has 0 aliphatic carbocycles. The first kappa shape index (κ1) is 23.9. The summed E-state index contributed by atoms with van der Waals surface area (Å²) in [5.41, 5.74) is 3.35. The average Bonchev–Trinajstić information content (AvgIpc) is 3.49. The zero-order chi connectivity index (χ0) is 23.7. The number of hydrogen-bond donors (Lipinski definition) is 1. The third kappa shape index (κ3) is 3.84. The van der Waals surface area contributed by atoms with Gasteiger partial charge in [-0.1, -0.05) is 44.5 Å². The molecule has 0 saturated heterocycles. The molecular formula is C26H12Br4S4. The van der Waals surface area contributed by atoms with Crippen molar-refractivity contribution in [2.75, 3.05) is 0 Å². The monoisotopic (exact) mass is 768 g/mol. The summed E-state index contributed by atoms with van der Waals surface area (Å²) in [4.78, 5) is 3.33. The van der Waals surface area contributed by atoms with Gasteiger partial charge in [0.15, 0.2) is 0 Å². The van der Waals surface area contributed by atoms with Crippen molar-refractivity contribution in [2.24, 2.45) is 0 Å². The molecule has 0 nitrogen and oxygen atoms in total. The van der Waals surface area contributed by atoms with Crippen LogP contribution in [0.25, 0.3) is 57.2 Å². The van der Waals surface area contributed by atoms with Crippen molar-refractivity contribution in [1.82, 2.24) is 0 Å². The van der Waals surface area contributed by atoms with Crippen molar-refractivity contribution >= 4 is 147 Å². The number of fused-ring (bicyclic) bond motifs is 3. The summed E-state index contributed by atoms with van der Waals surface area (Å²) in [6.45, 7) is 3.91. The van der Waals surface area contributed by atoms with Crippen LogP contribution >= 0.6 is 110 Å². The Kier molecular flexibility index (Phi) is 6.43. The highest BCUT2D eigenvalue weighted by Gasteiger charge is 2.20. The van der Waals surface area contributed by atoms with Gasteiger partial charge >= 0.3 is 0 Å². The molecular weight excluding hydrogens is 760 g/mol. The Hall–Kier alpha value is -0.450. The first-order chi connectivity index (χ1) is 16.4. The molecule has 0 radical (unpaired) electrons. The van der Waals surface area contributed by atoms with Gasteiger partial charge in [0.25, 0.3) is 0 Å². The Morgan fingerprint density at radius 1 is 0.735 bits per heavy atom. The third-order valence-electron chi connectivity index (χ3n) is 5.75. The number of halogens is 4. The van der Waals surface area contributed by atoms with Gasteiger partial charge in [-0.15, -0.1) is 46.6 Å². The molecule has 0 aliphatic rings. The minimum absolute atomic E-state index is 0.928. The highest BCUT2D eigenvalue weighted by atomic mass is 79.9. The molecule has 168 valence electrons. The lowest BCUT2D eigenvalue weighted by Gasteiger charge is -2.09. The van der Waals surface area contributed by atoms with Crippen LogP contribution in [0.3, 0.4) is 0 Å². The maximum Gasteiger partial charge on any atom is 0.0509 e. The topological polar surface area (TPSA) is 0 Å². The van der Waals surface area contributed by atoms with Gasteiger partial charge in [0.05, 0.1) is 9.75 Å². The van der Waals surface area contributed by atoms with Gasteiger partial charge in [0, 0.05) is 58.8 Å². The Labute approximate surface area is 247 Å². The lowest BCUT2D eigenvalue weighted by atomic mass is 10.1. The second-order valence-electron chi connectivity index (χ2n) is 7.72. The minimum atomic E-state index is 0.928. The summed E-state index contributed by atoms with van der Waals surface area (Å²) in [5.74, 6) is 0. The summed E-state index contributed by atoms with van der Waals surface area (Å²) in [6.07, 6.45) is 1.85. The lowest BCUT2D eigenvalue weighted by Crippen LogP contribution is -1.83. The van der Waals surface area contributed by atoms with E-state index < -0.39 is 0 Å².